The minimum Gasteiger partial charge on any atom is -0.357 e. The predicted molar refractivity (Wildman–Crippen MR) is 108 cm³/mol. The fourth-order valence-electron chi connectivity index (χ4n) is 3.14. The zero-order valence-electron chi connectivity index (χ0n) is 15.7. The number of nitrogens with one attached hydrogen (secondary N) is 1. The van der Waals surface area contributed by atoms with Crippen molar-refractivity contribution in [2.45, 2.75) is 6.42 Å². The molecular weight excluding hydrogens is 340 g/mol. The standard InChI is InChI=1S/C21H24N4O2/c1-24(12-10-23-15-26)11-8-16-3-5-17(6-4-16)20-14-25(2)21(27)19-13-22-9-7-18(19)20/h3-7,9,13-15H,8,10-12H2,1-2H3,(H,23,26). The topological polar surface area (TPSA) is 67.2 Å². The lowest BCUT2D eigenvalue weighted by Gasteiger charge is -2.16. The van der Waals surface area contributed by atoms with Crippen LogP contribution >= 0.6 is 0 Å². The number of hydrogen-bond donors (Lipinski definition) is 1. The second-order valence-corrected chi connectivity index (χ2v) is 6.70. The van der Waals surface area contributed by atoms with Crippen LogP contribution < -0.4 is 10.9 Å². The van der Waals surface area contributed by atoms with Crippen LogP contribution in [0.2, 0.25) is 0 Å². The second kappa shape index (κ2) is 8.60. The Kier molecular flexibility index (Phi) is 5.98. The van der Waals surface area contributed by atoms with E-state index >= 15 is 0 Å². The van der Waals surface area contributed by atoms with Crippen LogP contribution in [0.1, 0.15) is 5.56 Å². The van der Waals surface area contributed by atoms with Crippen LogP contribution in [0.15, 0.2) is 53.7 Å². The Bertz CT molecular complexity index is 980. The van der Waals surface area contributed by atoms with Crippen molar-refractivity contribution in [3.05, 3.63) is 64.8 Å². The van der Waals surface area contributed by atoms with E-state index in [1.54, 1.807) is 24.0 Å². The van der Waals surface area contributed by atoms with Gasteiger partial charge in [0, 0.05) is 50.8 Å². The molecule has 140 valence electrons. The number of carbonyl (C=O) groups is 1. The Morgan fingerprint density at radius 1 is 1.15 bits per heavy atom. The minimum absolute atomic E-state index is 0.0365. The summed E-state index contributed by atoms with van der Waals surface area (Å²) in [5, 5.41) is 4.23. The van der Waals surface area contributed by atoms with E-state index in [9.17, 15) is 9.59 Å². The summed E-state index contributed by atoms with van der Waals surface area (Å²) in [5.74, 6) is 0. The molecule has 0 aliphatic heterocycles. The quantitative estimate of drug-likeness (QED) is 0.489. The molecule has 0 saturated carbocycles. The van der Waals surface area contributed by atoms with Gasteiger partial charge in [0.2, 0.25) is 6.41 Å². The molecule has 1 aromatic carbocycles. The van der Waals surface area contributed by atoms with Gasteiger partial charge >= 0.3 is 0 Å². The summed E-state index contributed by atoms with van der Waals surface area (Å²) >= 11 is 0. The molecule has 1 N–H and O–H groups in total. The molecule has 2 aromatic heterocycles. The average Bonchev–Trinajstić information content (AvgIpc) is 2.70. The molecule has 0 spiro atoms. The molecule has 2 heterocycles. The van der Waals surface area contributed by atoms with Gasteiger partial charge in [-0.15, -0.1) is 0 Å². The van der Waals surface area contributed by atoms with Crippen molar-refractivity contribution >= 4 is 17.2 Å². The number of carbonyl (C=O) groups excluding carboxylic acids is 1. The molecule has 0 atom stereocenters. The van der Waals surface area contributed by atoms with E-state index in [0.29, 0.717) is 11.9 Å². The molecular formula is C21H24N4O2. The second-order valence-electron chi connectivity index (χ2n) is 6.70. The summed E-state index contributed by atoms with van der Waals surface area (Å²) in [5.41, 5.74) is 3.32. The first-order chi connectivity index (χ1) is 13.1. The third-order valence-electron chi connectivity index (χ3n) is 4.75. The van der Waals surface area contributed by atoms with Gasteiger partial charge in [-0.05, 0) is 36.0 Å². The molecule has 0 aliphatic carbocycles. The van der Waals surface area contributed by atoms with Crippen LogP contribution in [0.3, 0.4) is 0 Å². The van der Waals surface area contributed by atoms with E-state index in [4.69, 9.17) is 0 Å². The first kappa shape index (κ1) is 18.8. The van der Waals surface area contributed by atoms with Crippen LogP contribution in [0.5, 0.6) is 0 Å². The SMILES string of the molecule is CN(CCNC=O)CCc1ccc(-c2cn(C)c(=O)c3cnccc23)cc1. The molecule has 27 heavy (non-hydrogen) atoms. The molecule has 0 saturated heterocycles. The maximum Gasteiger partial charge on any atom is 0.259 e. The number of benzene rings is 1. The highest BCUT2D eigenvalue weighted by Gasteiger charge is 2.09. The highest BCUT2D eigenvalue weighted by atomic mass is 16.1. The zero-order chi connectivity index (χ0) is 19.2. The molecule has 1 amide bonds. The Labute approximate surface area is 158 Å². The lowest BCUT2D eigenvalue weighted by Crippen LogP contribution is -2.30. The van der Waals surface area contributed by atoms with Gasteiger partial charge in [0.1, 0.15) is 0 Å². The van der Waals surface area contributed by atoms with Crippen molar-refractivity contribution in [1.29, 1.82) is 0 Å². The summed E-state index contributed by atoms with van der Waals surface area (Å²) < 4.78 is 1.61. The van der Waals surface area contributed by atoms with E-state index in [1.165, 1.54) is 5.56 Å². The molecule has 6 nitrogen and oxygen atoms in total. The van der Waals surface area contributed by atoms with Gasteiger partial charge in [-0.3, -0.25) is 14.6 Å². The fraction of sp³-hybridized carbons (Fsp3) is 0.286. The lowest BCUT2D eigenvalue weighted by atomic mass is 10.00. The number of hydrogen-bond acceptors (Lipinski definition) is 4. The molecule has 0 unspecified atom stereocenters. The Balaban J connectivity index is 1.76. The van der Waals surface area contributed by atoms with Crippen molar-refractivity contribution in [3.63, 3.8) is 0 Å². The van der Waals surface area contributed by atoms with E-state index in [-0.39, 0.29) is 5.56 Å². The molecule has 3 rings (SSSR count). The van der Waals surface area contributed by atoms with E-state index in [0.717, 1.165) is 42.4 Å². The van der Waals surface area contributed by atoms with Crippen molar-refractivity contribution in [2.75, 3.05) is 26.7 Å². The van der Waals surface area contributed by atoms with Crippen molar-refractivity contribution < 1.29 is 4.79 Å². The largest absolute Gasteiger partial charge is 0.357 e. The summed E-state index contributed by atoms with van der Waals surface area (Å²) in [6.45, 7) is 2.41. The number of aryl methyl sites for hydroxylation is 1. The number of aromatic nitrogens is 2. The van der Waals surface area contributed by atoms with Crippen molar-refractivity contribution in [1.82, 2.24) is 19.8 Å². The first-order valence-electron chi connectivity index (χ1n) is 8.98. The Morgan fingerprint density at radius 2 is 1.93 bits per heavy atom. The van der Waals surface area contributed by atoms with Crippen LogP contribution in [-0.2, 0) is 18.3 Å². The molecule has 3 aromatic rings. The zero-order valence-corrected chi connectivity index (χ0v) is 15.7. The summed E-state index contributed by atoms with van der Waals surface area (Å²) in [6.07, 6.45) is 6.90. The highest BCUT2D eigenvalue weighted by Crippen LogP contribution is 2.26. The average molecular weight is 364 g/mol. The lowest BCUT2D eigenvalue weighted by molar-refractivity contribution is -0.109. The minimum atomic E-state index is -0.0365. The number of amides is 1. The van der Waals surface area contributed by atoms with Gasteiger partial charge in [0.05, 0.1) is 5.39 Å². The maximum absolute atomic E-state index is 12.3. The molecule has 0 fully saturated rings. The van der Waals surface area contributed by atoms with Crippen LogP contribution in [-0.4, -0.2) is 47.5 Å². The molecule has 6 heteroatoms. The monoisotopic (exact) mass is 364 g/mol. The van der Waals surface area contributed by atoms with Gasteiger partial charge in [0.25, 0.3) is 5.56 Å². The molecule has 0 bridgehead atoms. The van der Waals surface area contributed by atoms with Crippen molar-refractivity contribution in [2.24, 2.45) is 7.05 Å². The highest BCUT2D eigenvalue weighted by molar-refractivity contribution is 5.95. The van der Waals surface area contributed by atoms with E-state index < -0.39 is 0 Å². The fourth-order valence-corrected chi connectivity index (χ4v) is 3.14. The van der Waals surface area contributed by atoms with Crippen LogP contribution in [0.25, 0.3) is 21.9 Å². The predicted octanol–water partition coefficient (Wildman–Crippen LogP) is 1.82. The number of fused-ring (bicyclic) bond motifs is 1. The number of pyridine rings is 2. The van der Waals surface area contributed by atoms with Gasteiger partial charge in [-0.25, -0.2) is 0 Å². The maximum atomic E-state index is 12.3. The number of rotatable bonds is 8. The van der Waals surface area contributed by atoms with Gasteiger partial charge in [0.15, 0.2) is 0 Å². The number of likely N-dealkylation sites (N-methyl/N-ethyl adjacent to an activating group) is 1. The first-order valence-corrected chi connectivity index (χ1v) is 8.98. The Hall–Kier alpha value is -2.99. The third kappa shape index (κ3) is 4.41. The summed E-state index contributed by atoms with van der Waals surface area (Å²) in [4.78, 5) is 28.9. The van der Waals surface area contributed by atoms with Crippen LogP contribution in [0.4, 0.5) is 0 Å². The normalized spacial score (nSPS) is 11.1. The van der Waals surface area contributed by atoms with Gasteiger partial charge in [-0.1, -0.05) is 24.3 Å². The summed E-state index contributed by atoms with van der Waals surface area (Å²) in [6, 6.07) is 10.4. The van der Waals surface area contributed by atoms with E-state index in [2.05, 4.69) is 39.5 Å². The molecule has 0 aliphatic rings. The van der Waals surface area contributed by atoms with Crippen molar-refractivity contribution in [3.8, 4) is 11.1 Å². The van der Waals surface area contributed by atoms with Gasteiger partial charge < -0.3 is 14.8 Å². The van der Waals surface area contributed by atoms with Crippen LogP contribution in [0, 0.1) is 0 Å². The van der Waals surface area contributed by atoms with E-state index in [1.807, 2.05) is 19.3 Å². The smallest absolute Gasteiger partial charge is 0.259 e. The van der Waals surface area contributed by atoms with Gasteiger partial charge in [-0.2, -0.15) is 0 Å². The molecule has 0 radical (unpaired) electrons. The Morgan fingerprint density at radius 3 is 2.67 bits per heavy atom. The third-order valence-corrected chi connectivity index (χ3v) is 4.75. The summed E-state index contributed by atoms with van der Waals surface area (Å²) in [7, 11) is 3.81. The number of nitrogens with zero attached hydrogens (tertiary/aromatic N) is 3.